The number of nitrogens with one attached hydrogen (secondary N) is 1. The number of fused-ring (bicyclic) bond motifs is 1. The van der Waals surface area contributed by atoms with Crippen molar-refractivity contribution in [3.05, 3.63) is 30.0 Å². The second-order valence-corrected chi connectivity index (χ2v) is 4.71. The summed E-state index contributed by atoms with van der Waals surface area (Å²) in [4.78, 5) is 4.74. The van der Waals surface area contributed by atoms with Crippen molar-refractivity contribution in [1.29, 1.82) is 0 Å². The monoisotopic (exact) mass is 233 g/mol. The molecule has 3 heteroatoms. The molecule has 2 heterocycles. The highest BCUT2D eigenvalue weighted by Gasteiger charge is 2.22. The Balaban J connectivity index is 1.90. The van der Waals surface area contributed by atoms with Crippen molar-refractivity contribution >= 4 is 10.9 Å². The highest BCUT2D eigenvalue weighted by molar-refractivity contribution is 5.89. The van der Waals surface area contributed by atoms with Crippen molar-refractivity contribution in [1.82, 2.24) is 9.88 Å². The van der Waals surface area contributed by atoms with Gasteiger partial charge in [-0.15, -0.1) is 0 Å². The van der Waals surface area contributed by atoms with Gasteiger partial charge in [0.1, 0.15) is 5.75 Å². The van der Waals surface area contributed by atoms with Gasteiger partial charge in [-0.05, 0) is 50.5 Å². The summed E-state index contributed by atoms with van der Waals surface area (Å²) in [7, 11) is 0. The van der Waals surface area contributed by atoms with Gasteiger partial charge in [-0.25, -0.2) is 0 Å². The van der Waals surface area contributed by atoms with Gasteiger partial charge in [-0.2, -0.15) is 0 Å². The first kappa shape index (κ1) is 7.77. The van der Waals surface area contributed by atoms with Gasteiger partial charge in [-0.1, -0.05) is 6.07 Å². The predicted molar refractivity (Wildman–Crippen MR) is 69.3 cm³/mol. The molecular formula is C14H18N2O. The molecule has 0 aliphatic carbocycles. The third-order valence-corrected chi connectivity index (χ3v) is 3.60. The third-order valence-electron chi connectivity index (χ3n) is 3.60. The van der Waals surface area contributed by atoms with Crippen LogP contribution in [0.15, 0.2) is 24.4 Å². The van der Waals surface area contributed by atoms with Crippen LogP contribution in [0.5, 0.6) is 5.75 Å². The number of phenolic OH excluding ortho intramolecular Hbond substituents is 1. The Morgan fingerprint density at radius 3 is 3.41 bits per heavy atom. The average Bonchev–Trinajstić information content (AvgIpc) is 2.97. The van der Waals surface area contributed by atoms with Crippen molar-refractivity contribution in [3.63, 3.8) is 0 Å². The first-order valence-corrected chi connectivity index (χ1v) is 6.01. The summed E-state index contributed by atoms with van der Waals surface area (Å²) < 4.78 is 22.8. The van der Waals surface area contributed by atoms with E-state index in [0.29, 0.717) is 13.0 Å². The van der Waals surface area contributed by atoms with Crippen LogP contribution in [-0.4, -0.2) is 34.6 Å². The van der Waals surface area contributed by atoms with E-state index in [4.69, 9.17) is 4.11 Å². The van der Waals surface area contributed by atoms with Gasteiger partial charge in [0.05, 0.1) is 0 Å². The lowest BCUT2D eigenvalue weighted by molar-refractivity contribution is 0.309. The van der Waals surface area contributed by atoms with Gasteiger partial charge in [0, 0.05) is 27.3 Å². The zero-order valence-corrected chi connectivity index (χ0v) is 9.61. The summed E-state index contributed by atoms with van der Waals surface area (Å²) in [5, 5.41) is 10.8. The van der Waals surface area contributed by atoms with Crippen LogP contribution in [0.1, 0.15) is 22.5 Å². The maximum atomic E-state index is 10.00. The number of benzene rings is 1. The van der Waals surface area contributed by atoms with E-state index in [1.165, 1.54) is 0 Å². The number of aromatic nitrogens is 1. The smallest absolute Gasteiger partial charge is 0.125 e. The lowest BCUT2D eigenvalue weighted by Crippen LogP contribution is -2.26. The van der Waals surface area contributed by atoms with E-state index < -0.39 is 6.98 Å². The standard InChI is InChI=1S/C14H18N2O/c1-16-7-3-4-11(16)8-10-9-15-12-5-2-6-13(17)14(10)12/h2,5-6,9,11,15,17H,3-4,7-8H2,1H3/t11-/m1/s1/i1D3. The molecule has 17 heavy (non-hydrogen) atoms. The lowest BCUT2D eigenvalue weighted by atomic mass is 10.0. The number of likely N-dealkylation sites (N-methyl/N-ethyl adjacent to an activating group) is 1. The minimum absolute atomic E-state index is 0.0149. The summed E-state index contributed by atoms with van der Waals surface area (Å²) in [5.41, 5.74) is 1.87. The van der Waals surface area contributed by atoms with Crippen LogP contribution in [0.25, 0.3) is 10.9 Å². The Hall–Kier alpha value is -1.48. The van der Waals surface area contributed by atoms with E-state index in [1.54, 1.807) is 17.0 Å². The zero-order valence-electron chi connectivity index (χ0n) is 12.6. The van der Waals surface area contributed by atoms with Crippen LogP contribution >= 0.6 is 0 Å². The Morgan fingerprint density at radius 1 is 1.59 bits per heavy atom. The van der Waals surface area contributed by atoms with Crippen molar-refractivity contribution in [2.75, 3.05) is 13.5 Å². The molecule has 3 nitrogen and oxygen atoms in total. The summed E-state index contributed by atoms with van der Waals surface area (Å²) in [6.45, 7) is -1.41. The molecule has 0 bridgehead atoms. The SMILES string of the molecule is [2H]C([2H])([2H])N1CCC[C@@H]1Cc1c[nH]c2cccc(O)c12. The number of aromatic amines is 1. The molecule has 1 aliphatic heterocycles. The fraction of sp³-hybridized carbons (Fsp3) is 0.429. The summed E-state index contributed by atoms with van der Waals surface area (Å²) in [6, 6.07) is 5.38. The molecule has 1 aromatic heterocycles. The Labute approximate surface area is 105 Å². The molecule has 1 atom stereocenters. The number of hydrogen-bond donors (Lipinski definition) is 2. The second-order valence-electron chi connectivity index (χ2n) is 4.71. The van der Waals surface area contributed by atoms with E-state index in [0.717, 1.165) is 29.3 Å². The molecule has 0 amide bonds. The van der Waals surface area contributed by atoms with E-state index in [9.17, 15) is 5.11 Å². The molecule has 1 saturated heterocycles. The van der Waals surface area contributed by atoms with Crippen LogP contribution in [0.2, 0.25) is 0 Å². The number of likely N-dealkylation sites (tertiary alicyclic amines) is 1. The summed E-state index contributed by atoms with van der Waals surface area (Å²) >= 11 is 0. The van der Waals surface area contributed by atoms with Gasteiger partial charge >= 0.3 is 0 Å². The molecule has 3 rings (SSSR count). The van der Waals surface area contributed by atoms with Crippen LogP contribution in [0.3, 0.4) is 0 Å². The highest BCUT2D eigenvalue weighted by Crippen LogP contribution is 2.30. The molecule has 2 N–H and O–H groups in total. The van der Waals surface area contributed by atoms with Crippen molar-refractivity contribution < 1.29 is 9.22 Å². The van der Waals surface area contributed by atoms with E-state index in [2.05, 4.69) is 4.98 Å². The number of aromatic hydroxyl groups is 1. The fourth-order valence-corrected chi connectivity index (χ4v) is 2.70. The molecular weight excluding hydrogens is 212 g/mol. The van der Waals surface area contributed by atoms with Crippen LogP contribution < -0.4 is 0 Å². The topological polar surface area (TPSA) is 39.3 Å². The molecule has 0 spiro atoms. The molecule has 0 radical (unpaired) electrons. The lowest BCUT2D eigenvalue weighted by Gasteiger charge is -2.18. The highest BCUT2D eigenvalue weighted by atomic mass is 16.3. The Morgan fingerprint density at radius 2 is 2.53 bits per heavy atom. The van der Waals surface area contributed by atoms with Gasteiger partial charge in [0.25, 0.3) is 0 Å². The number of H-pyrrole nitrogens is 1. The van der Waals surface area contributed by atoms with Gasteiger partial charge in [0.2, 0.25) is 0 Å². The van der Waals surface area contributed by atoms with Crippen molar-refractivity contribution in [2.45, 2.75) is 25.3 Å². The quantitative estimate of drug-likeness (QED) is 0.836. The average molecular weight is 233 g/mol. The maximum absolute atomic E-state index is 10.00. The van der Waals surface area contributed by atoms with Crippen LogP contribution in [-0.2, 0) is 6.42 Å². The maximum Gasteiger partial charge on any atom is 0.125 e. The van der Waals surface area contributed by atoms with Crippen LogP contribution in [0.4, 0.5) is 0 Å². The van der Waals surface area contributed by atoms with Gasteiger partial charge < -0.3 is 15.0 Å². The largest absolute Gasteiger partial charge is 0.507 e. The Kier molecular flexibility index (Phi) is 1.86. The molecule has 1 fully saturated rings. The number of nitrogens with zero attached hydrogens (tertiary/aromatic N) is 1. The zero-order chi connectivity index (χ0) is 14.3. The van der Waals surface area contributed by atoms with Crippen molar-refractivity contribution in [2.24, 2.45) is 0 Å². The molecule has 0 saturated carbocycles. The normalized spacial score (nSPS) is 24.7. The van der Waals surface area contributed by atoms with E-state index in [-0.39, 0.29) is 11.8 Å². The van der Waals surface area contributed by atoms with E-state index >= 15 is 0 Å². The third kappa shape index (κ3) is 1.80. The minimum Gasteiger partial charge on any atom is -0.507 e. The fourth-order valence-electron chi connectivity index (χ4n) is 2.70. The van der Waals surface area contributed by atoms with Crippen LogP contribution in [0, 0.1) is 0 Å². The second kappa shape index (κ2) is 4.08. The van der Waals surface area contributed by atoms with Crippen molar-refractivity contribution in [3.8, 4) is 5.75 Å². The molecule has 90 valence electrons. The molecule has 2 aromatic rings. The predicted octanol–water partition coefficient (Wildman–Crippen LogP) is 2.51. The number of hydrogen-bond acceptors (Lipinski definition) is 2. The molecule has 0 unspecified atom stereocenters. The summed E-state index contributed by atoms with van der Waals surface area (Å²) in [5.74, 6) is 0.247. The number of phenols is 1. The Bertz CT molecular complexity index is 620. The molecule has 1 aromatic carbocycles. The first-order valence-electron chi connectivity index (χ1n) is 7.51. The summed E-state index contributed by atoms with van der Waals surface area (Å²) in [6.07, 6.45) is 4.33. The van der Waals surface area contributed by atoms with Gasteiger partial charge in [0.15, 0.2) is 0 Å². The molecule has 1 aliphatic rings. The first-order chi connectivity index (χ1) is 9.47. The van der Waals surface area contributed by atoms with Gasteiger partial charge in [-0.3, -0.25) is 0 Å². The van der Waals surface area contributed by atoms with E-state index in [1.807, 2.05) is 12.3 Å². The number of rotatable bonds is 2. The minimum atomic E-state index is -2.03.